The molecule has 6 heteroatoms. The summed E-state index contributed by atoms with van der Waals surface area (Å²) in [6, 6.07) is 10.4. The Hall–Kier alpha value is -2.76. The summed E-state index contributed by atoms with van der Waals surface area (Å²) in [7, 11) is 1.74. The summed E-state index contributed by atoms with van der Waals surface area (Å²) >= 11 is 0. The molecule has 0 amide bonds. The van der Waals surface area contributed by atoms with Crippen LogP contribution < -0.4 is 10.6 Å². The van der Waals surface area contributed by atoms with Crippen molar-refractivity contribution in [3.05, 3.63) is 53.4 Å². The van der Waals surface area contributed by atoms with Crippen molar-refractivity contribution in [3.8, 4) is 0 Å². The van der Waals surface area contributed by atoms with E-state index in [1.54, 1.807) is 7.05 Å². The fourth-order valence-electron chi connectivity index (χ4n) is 2.40. The highest BCUT2D eigenvalue weighted by molar-refractivity contribution is 5.81. The number of guanidine groups is 1. The van der Waals surface area contributed by atoms with Crippen molar-refractivity contribution in [2.45, 2.75) is 26.9 Å². The fourth-order valence-corrected chi connectivity index (χ4v) is 2.40. The van der Waals surface area contributed by atoms with Gasteiger partial charge in [-0.25, -0.2) is 4.98 Å². The monoisotopic (exact) mass is 311 g/mol. The Balaban J connectivity index is 1.57. The molecule has 0 unspecified atom stereocenters. The molecule has 0 saturated heterocycles. The maximum Gasteiger partial charge on any atom is 0.214 e. The lowest BCUT2D eigenvalue weighted by Crippen LogP contribution is -2.36. The molecule has 3 rings (SSSR count). The van der Waals surface area contributed by atoms with Crippen LogP contribution in [0.25, 0.3) is 10.9 Å². The molecule has 3 aromatic rings. The van der Waals surface area contributed by atoms with Gasteiger partial charge in [0, 0.05) is 18.3 Å². The first-order chi connectivity index (χ1) is 11.2. The zero-order valence-corrected chi connectivity index (χ0v) is 13.6. The van der Waals surface area contributed by atoms with Crippen LogP contribution in [0.4, 0.5) is 0 Å². The molecule has 0 atom stereocenters. The summed E-state index contributed by atoms with van der Waals surface area (Å²) in [5.41, 5.74) is 3.16. The molecule has 0 saturated carbocycles. The van der Waals surface area contributed by atoms with E-state index >= 15 is 0 Å². The third-order valence-corrected chi connectivity index (χ3v) is 3.74. The minimum Gasteiger partial charge on any atom is -0.444 e. The number of nitrogens with zero attached hydrogens (tertiary/aromatic N) is 2. The molecule has 0 aliphatic rings. The van der Waals surface area contributed by atoms with Gasteiger partial charge in [-0.3, -0.25) is 4.99 Å². The highest BCUT2D eigenvalue weighted by Crippen LogP contribution is 2.14. The SMILES string of the molecule is CN=C(NCc1cc2ccccc2[nH]1)NCc1nc(C)c(C)o1. The number of para-hydroxylation sites is 1. The number of oxazole rings is 1. The van der Waals surface area contributed by atoms with Gasteiger partial charge in [0.25, 0.3) is 0 Å². The first kappa shape index (κ1) is 15.1. The van der Waals surface area contributed by atoms with Gasteiger partial charge >= 0.3 is 0 Å². The number of aryl methyl sites for hydroxylation is 2. The summed E-state index contributed by atoms with van der Waals surface area (Å²) < 4.78 is 5.55. The average Bonchev–Trinajstić information content (AvgIpc) is 3.10. The number of fused-ring (bicyclic) bond motifs is 1. The molecule has 0 bridgehead atoms. The van der Waals surface area contributed by atoms with E-state index in [0.717, 1.165) is 22.7 Å². The standard InChI is InChI=1S/C17H21N5O/c1-11-12(2)23-16(21-11)10-20-17(18-3)19-9-14-8-13-6-4-5-7-15(13)22-14/h4-8,22H,9-10H2,1-3H3,(H2,18,19,20). The molecular weight excluding hydrogens is 290 g/mol. The predicted molar refractivity (Wildman–Crippen MR) is 91.3 cm³/mol. The number of H-pyrrole nitrogens is 1. The average molecular weight is 311 g/mol. The van der Waals surface area contributed by atoms with Crippen LogP contribution in [0, 0.1) is 13.8 Å². The Morgan fingerprint density at radius 1 is 1.22 bits per heavy atom. The van der Waals surface area contributed by atoms with E-state index in [4.69, 9.17) is 4.42 Å². The van der Waals surface area contributed by atoms with Gasteiger partial charge in [0.05, 0.1) is 18.8 Å². The van der Waals surface area contributed by atoms with Gasteiger partial charge in [0.2, 0.25) is 5.89 Å². The van der Waals surface area contributed by atoms with Crippen molar-refractivity contribution in [2.24, 2.45) is 4.99 Å². The van der Waals surface area contributed by atoms with Gasteiger partial charge in [-0.1, -0.05) is 18.2 Å². The molecule has 0 radical (unpaired) electrons. The molecule has 3 N–H and O–H groups in total. The van der Waals surface area contributed by atoms with Crippen molar-refractivity contribution >= 4 is 16.9 Å². The van der Waals surface area contributed by atoms with E-state index in [2.05, 4.69) is 43.8 Å². The van der Waals surface area contributed by atoms with Crippen molar-refractivity contribution < 1.29 is 4.42 Å². The normalized spacial score (nSPS) is 11.9. The number of nitrogens with one attached hydrogen (secondary N) is 3. The lowest BCUT2D eigenvalue weighted by atomic mass is 10.2. The first-order valence-corrected chi connectivity index (χ1v) is 7.60. The molecule has 6 nitrogen and oxygen atoms in total. The van der Waals surface area contributed by atoms with E-state index in [1.165, 1.54) is 5.39 Å². The Morgan fingerprint density at radius 2 is 2.00 bits per heavy atom. The quantitative estimate of drug-likeness (QED) is 0.511. The topological polar surface area (TPSA) is 78.2 Å². The third-order valence-electron chi connectivity index (χ3n) is 3.74. The van der Waals surface area contributed by atoms with Gasteiger partial charge in [-0.2, -0.15) is 0 Å². The Bertz CT molecular complexity index is 778. The number of aromatic nitrogens is 2. The molecule has 2 heterocycles. The number of rotatable bonds is 4. The van der Waals surface area contributed by atoms with Crippen LogP contribution in [0.5, 0.6) is 0 Å². The van der Waals surface area contributed by atoms with Crippen LogP contribution in [0.3, 0.4) is 0 Å². The molecule has 1 aromatic carbocycles. The van der Waals surface area contributed by atoms with Gasteiger partial charge in [0.1, 0.15) is 5.76 Å². The van der Waals surface area contributed by atoms with Crippen molar-refractivity contribution in [3.63, 3.8) is 0 Å². The molecule has 23 heavy (non-hydrogen) atoms. The highest BCUT2D eigenvalue weighted by Gasteiger charge is 2.07. The fraction of sp³-hybridized carbons (Fsp3) is 0.294. The van der Waals surface area contributed by atoms with Gasteiger partial charge in [-0.15, -0.1) is 0 Å². The van der Waals surface area contributed by atoms with Crippen molar-refractivity contribution in [1.82, 2.24) is 20.6 Å². The van der Waals surface area contributed by atoms with Gasteiger partial charge < -0.3 is 20.0 Å². The Kier molecular flexibility index (Phi) is 4.32. The lowest BCUT2D eigenvalue weighted by molar-refractivity contribution is 0.463. The molecular formula is C17H21N5O. The summed E-state index contributed by atoms with van der Waals surface area (Å²) in [4.78, 5) is 11.9. The number of aromatic amines is 1. The van der Waals surface area contributed by atoms with E-state index in [-0.39, 0.29) is 0 Å². The second-order valence-corrected chi connectivity index (χ2v) is 5.41. The summed E-state index contributed by atoms with van der Waals surface area (Å²) in [6.45, 7) is 5.01. The number of hydrogen-bond donors (Lipinski definition) is 3. The smallest absolute Gasteiger partial charge is 0.214 e. The molecule has 0 aliphatic heterocycles. The second kappa shape index (κ2) is 6.56. The number of hydrogen-bond acceptors (Lipinski definition) is 3. The van der Waals surface area contributed by atoms with E-state index < -0.39 is 0 Å². The number of aliphatic imine (C=N–C) groups is 1. The van der Waals surface area contributed by atoms with Crippen LogP contribution in [0.15, 0.2) is 39.7 Å². The van der Waals surface area contributed by atoms with Crippen LogP contribution in [0.1, 0.15) is 23.0 Å². The maximum atomic E-state index is 5.55. The summed E-state index contributed by atoms with van der Waals surface area (Å²) in [6.07, 6.45) is 0. The molecule has 0 spiro atoms. The summed E-state index contributed by atoms with van der Waals surface area (Å²) in [5, 5.41) is 7.68. The zero-order valence-electron chi connectivity index (χ0n) is 13.6. The van der Waals surface area contributed by atoms with Gasteiger partial charge in [-0.05, 0) is 31.4 Å². The van der Waals surface area contributed by atoms with Crippen LogP contribution in [-0.2, 0) is 13.1 Å². The first-order valence-electron chi connectivity index (χ1n) is 7.60. The Morgan fingerprint density at radius 3 is 2.70 bits per heavy atom. The predicted octanol–water partition coefficient (Wildman–Crippen LogP) is 2.64. The van der Waals surface area contributed by atoms with E-state index in [1.807, 2.05) is 26.0 Å². The van der Waals surface area contributed by atoms with Crippen LogP contribution in [-0.4, -0.2) is 23.0 Å². The van der Waals surface area contributed by atoms with E-state index in [0.29, 0.717) is 24.9 Å². The second-order valence-electron chi connectivity index (χ2n) is 5.41. The maximum absolute atomic E-state index is 5.55. The highest BCUT2D eigenvalue weighted by atomic mass is 16.4. The molecule has 0 aliphatic carbocycles. The van der Waals surface area contributed by atoms with E-state index in [9.17, 15) is 0 Å². The minimum atomic E-state index is 0.501. The third kappa shape index (κ3) is 3.53. The van der Waals surface area contributed by atoms with Crippen molar-refractivity contribution in [2.75, 3.05) is 7.05 Å². The van der Waals surface area contributed by atoms with Crippen molar-refractivity contribution in [1.29, 1.82) is 0 Å². The lowest BCUT2D eigenvalue weighted by Gasteiger charge is -2.09. The summed E-state index contributed by atoms with van der Waals surface area (Å²) in [5.74, 6) is 2.22. The molecule has 2 aromatic heterocycles. The number of benzene rings is 1. The molecule has 0 fully saturated rings. The Labute approximate surface area is 135 Å². The van der Waals surface area contributed by atoms with Gasteiger partial charge in [0.15, 0.2) is 5.96 Å². The largest absolute Gasteiger partial charge is 0.444 e. The van der Waals surface area contributed by atoms with Crippen LogP contribution in [0.2, 0.25) is 0 Å². The molecule has 120 valence electrons. The van der Waals surface area contributed by atoms with Crippen LogP contribution >= 0.6 is 0 Å². The minimum absolute atomic E-state index is 0.501. The zero-order chi connectivity index (χ0) is 16.2.